The first-order valence-corrected chi connectivity index (χ1v) is 6.82. The van der Waals surface area contributed by atoms with Gasteiger partial charge in [-0.3, -0.25) is 4.79 Å². The lowest BCUT2D eigenvalue weighted by Crippen LogP contribution is -2.33. The number of carbonyl (C=O) groups excluding carboxylic acids is 1. The molecule has 0 radical (unpaired) electrons. The molecule has 0 bridgehead atoms. The number of amides is 1. The Morgan fingerprint density at radius 1 is 1.47 bits per heavy atom. The molecule has 4 heteroatoms. The van der Waals surface area contributed by atoms with Gasteiger partial charge in [0.1, 0.15) is 0 Å². The summed E-state index contributed by atoms with van der Waals surface area (Å²) in [4.78, 5) is 14.3. The number of aromatic hydroxyl groups is 1. The summed E-state index contributed by atoms with van der Waals surface area (Å²) in [6.45, 7) is 3.58. The van der Waals surface area contributed by atoms with E-state index in [-0.39, 0.29) is 11.7 Å². The average molecular weight is 263 g/mol. The highest BCUT2D eigenvalue weighted by Gasteiger charge is 2.28. The summed E-state index contributed by atoms with van der Waals surface area (Å²) < 4.78 is 5.05. The molecule has 1 aromatic carbocycles. The number of para-hydroxylation sites is 1. The Kier molecular flexibility index (Phi) is 4.30. The van der Waals surface area contributed by atoms with Gasteiger partial charge in [-0.05, 0) is 37.3 Å². The molecule has 0 aromatic heterocycles. The monoisotopic (exact) mass is 263 g/mol. The van der Waals surface area contributed by atoms with E-state index in [4.69, 9.17) is 4.74 Å². The number of benzene rings is 1. The third-order valence-corrected chi connectivity index (χ3v) is 3.41. The molecule has 4 nitrogen and oxygen atoms in total. The van der Waals surface area contributed by atoms with E-state index in [1.807, 2.05) is 4.90 Å². The summed E-state index contributed by atoms with van der Waals surface area (Å²) in [6.07, 6.45) is 3.33. The molecule has 0 spiro atoms. The summed E-state index contributed by atoms with van der Waals surface area (Å²) in [5.41, 5.74) is 0.327. The van der Waals surface area contributed by atoms with Crippen molar-refractivity contribution < 1.29 is 14.6 Å². The lowest BCUT2D eigenvalue weighted by atomic mass is 10.1. The van der Waals surface area contributed by atoms with E-state index in [9.17, 15) is 9.90 Å². The maximum atomic E-state index is 12.5. The molecule has 0 saturated heterocycles. The second-order valence-electron chi connectivity index (χ2n) is 5.05. The van der Waals surface area contributed by atoms with E-state index in [2.05, 4.69) is 6.92 Å². The van der Waals surface area contributed by atoms with Crippen LogP contribution < -0.4 is 4.74 Å². The third-order valence-electron chi connectivity index (χ3n) is 3.41. The summed E-state index contributed by atoms with van der Waals surface area (Å²) in [7, 11) is 1.48. The van der Waals surface area contributed by atoms with E-state index in [1.54, 1.807) is 18.2 Å². The molecule has 1 aromatic rings. The second-order valence-corrected chi connectivity index (χ2v) is 5.05. The fourth-order valence-corrected chi connectivity index (χ4v) is 2.19. The zero-order valence-electron chi connectivity index (χ0n) is 11.6. The smallest absolute Gasteiger partial charge is 0.257 e. The lowest BCUT2D eigenvalue weighted by molar-refractivity contribution is 0.0744. The minimum Gasteiger partial charge on any atom is -0.504 e. The fraction of sp³-hybridized carbons (Fsp3) is 0.533. The van der Waals surface area contributed by atoms with Gasteiger partial charge in [-0.1, -0.05) is 13.0 Å². The molecule has 1 N–H and O–H groups in total. The second kappa shape index (κ2) is 5.95. The third kappa shape index (κ3) is 3.19. The standard InChI is InChI=1S/C15H21NO3/c1-3-9-16(10-11-7-8-11)15(18)12-5-4-6-13(19-2)14(12)17/h4-6,11,17H,3,7-10H2,1-2H3. The SMILES string of the molecule is CCCN(CC1CC1)C(=O)c1cccc(OC)c1O. The first kappa shape index (κ1) is 13.7. The molecule has 19 heavy (non-hydrogen) atoms. The molecule has 0 heterocycles. The van der Waals surface area contributed by atoms with Crippen molar-refractivity contribution >= 4 is 5.91 Å². The highest BCUT2D eigenvalue weighted by Crippen LogP contribution is 2.33. The first-order valence-electron chi connectivity index (χ1n) is 6.82. The van der Waals surface area contributed by atoms with Crippen molar-refractivity contribution in [3.05, 3.63) is 23.8 Å². The van der Waals surface area contributed by atoms with Crippen LogP contribution in [0.2, 0.25) is 0 Å². The number of phenols is 1. The molecule has 1 saturated carbocycles. The number of phenolic OH excluding ortho intramolecular Hbond substituents is 1. The van der Waals surface area contributed by atoms with Crippen LogP contribution >= 0.6 is 0 Å². The summed E-state index contributed by atoms with van der Waals surface area (Å²) in [6, 6.07) is 5.03. The zero-order chi connectivity index (χ0) is 13.8. The van der Waals surface area contributed by atoms with Crippen molar-refractivity contribution in [3.63, 3.8) is 0 Å². The molecule has 1 amide bonds. The number of carbonyl (C=O) groups is 1. The zero-order valence-corrected chi connectivity index (χ0v) is 11.6. The Morgan fingerprint density at radius 3 is 2.79 bits per heavy atom. The van der Waals surface area contributed by atoms with Crippen molar-refractivity contribution in [1.82, 2.24) is 4.90 Å². The van der Waals surface area contributed by atoms with Gasteiger partial charge >= 0.3 is 0 Å². The largest absolute Gasteiger partial charge is 0.504 e. The maximum Gasteiger partial charge on any atom is 0.257 e. The Balaban J connectivity index is 2.19. The van der Waals surface area contributed by atoms with E-state index in [0.717, 1.165) is 19.5 Å². The van der Waals surface area contributed by atoms with Crippen LogP contribution in [0.3, 0.4) is 0 Å². The molecule has 2 rings (SSSR count). The van der Waals surface area contributed by atoms with Crippen molar-refractivity contribution in [3.8, 4) is 11.5 Å². The van der Waals surface area contributed by atoms with Crippen LogP contribution in [-0.4, -0.2) is 36.1 Å². The average Bonchev–Trinajstić information content (AvgIpc) is 3.22. The van der Waals surface area contributed by atoms with Gasteiger partial charge in [-0.2, -0.15) is 0 Å². The molecule has 1 fully saturated rings. The van der Waals surface area contributed by atoms with Crippen LogP contribution in [-0.2, 0) is 0 Å². The van der Waals surface area contributed by atoms with Gasteiger partial charge in [0.25, 0.3) is 5.91 Å². The molecule has 0 atom stereocenters. The number of hydrogen-bond acceptors (Lipinski definition) is 3. The van der Waals surface area contributed by atoms with Crippen LogP contribution in [0.5, 0.6) is 11.5 Å². The van der Waals surface area contributed by atoms with Gasteiger partial charge in [0.15, 0.2) is 11.5 Å². The van der Waals surface area contributed by atoms with Crippen LogP contribution in [0, 0.1) is 5.92 Å². The van der Waals surface area contributed by atoms with E-state index in [0.29, 0.717) is 17.2 Å². The quantitative estimate of drug-likeness (QED) is 0.858. The number of ether oxygens (including phenoxy) is 1. The molecular formula is C15H21NO3. The first-order chi connectivity index (χ1) is 9.17. The minimum absolute atomic E-state index is 0.0631. The van der Waals surface area contributed by atoms with Crippen molar-refractivity contribution in [2.24, 2.45) is 5.92 Å². The van der Waals surface area contributed by atoms with Gasteiger partial charge in [0, 0.05) is 13.1 Å². The molecule has 1 aliphatic carbocycles. The summed E-state index contributed by atoms with van der Waals surface area (Å²) >= 11 is 0. The van der Waals surface area contributed by atoms with Crippen molar-refractivity contribution in [2.45, 2.75) is 26.2 Å². The van der Waals surface area contributed by atoms with Crippen LogP contribution in [0.1, 0.15) is 36.5 Å². The number of nitrogens with zero attached hydrogens (tertiary/aromatic N) is 1. The highest BCUT2D eigenvalue weighted by atomic mass is 16.5. The van der Waals surface area contributed by atoms with Crippen molar-refractivity contribution in [2.75, 3.05) is 20.2 Å². The Hall–Kier alpha value is -1.71. The Morgan fingerprint density at radius 2 is 2.21 bits per heavy atom. The van der Waals surface area contributed by atoms with Crippen molar-refractivity contribution in [1.29, 1.82) is 0 Å². The number of methoxy groups -OCH3 is 1. The van der Waals surface area contributed by atoms with E-state index < -0.39 is 0 Å². The molecule has 0 aliphatic heterocycles. The van der Waals surface area contributed by atoms with Gasteiger partial charge in [-0.25, -0.2) is 0 Å². The highest BCUT2D eigenvalue weighted by molar-refractivity contribution is 5.97. The lowest BCUT2D eigenvalue weighted by Gasteiger charge is -2.22. The van der Waals surface area contributed by atoms with Gasteiger partial charge in [-0.15, -0.1) is 0 Å². The van der Waals surface area contributed by atoms with Crippen LogP contribution in [0.15, 0.2) is 18.2 Å². The summed E-state index contributed by atoms with van der Waals surface area (Å²) in [5.74, 6) is 0.814. The number of rotatable bonds is 6. The summed E-state index contributed by atoms with van der Waals surface area (Å²) in [5, 5.41) is 10.1. The Labute approximate surface area is 114 Å². The minimum atomic E-state index is -0.106. The van der Waals surface area contributed by atoms with E-state index >= 15 is 0 Å². The molecule has 0 unspecified atom stereocenters. The van der Waals surface area contributed by atoms with Gasteiger partial charge in [0.05, 0.1) is 12.7 Å². The van der Waals surface area contributed by atoms with Gasteiger partial charge in [0.2, 0.25) is 0 Å². The van der Waals surface area contributed by atoms with Crippen LogP contribution in [0.25, 0.3) is 0 Å². The molecule has 1 aliphatic rings. The molecular weight excluding hydrogens is 242 g/mol. The topological polar surface area (TPSA) is 49.8 Å². The predicted molar refractivity (Wildman–Crippen MR) is 73.6 cm³/mol. The maximum absolute atomic E-state index is 12.5. The Bertz CT molecular complexity index is 455. The van der Waals surface area contributed by atoms with Crippen LogP contribution in [0.4, 0.5) is 0 Å². The fourth-order valence-electron chi connectivity index (χ4n) is 2.19. The predicted octanol–water partition coefficient (Wildman–Crippen LogP) is 2.66. The molecule has 104 valence electrons. The van der Waals surface area contributed by atoms with Gasteiger partial charge < -0.3 is 14.7 Å². The normalized spacial score (nSPS) is 14.2. The van der Waals surface area contributed by atoms with E-state index in [1.165, 1.54) is 20.0 Å². The number of hydrogen-bond donors (Lipinski definition) is 1.